The molecule has 0 unspecified atom stereocenters. The molecule has 2 aromatic heterocycles. The Morgan fingerprint density at radius 1 is 0.970 bits per heavy atom. The number of esters is 1. The van der Waals surface area contributed by atoms with Gasteiger partial charge in [-0.15, -0.1) is 11.3 Å². The maximum absolute atomic E-state index is 13.3. The number of nitrogens with one attached hydrogen (secondary N) is 3. The first-order valence-corrected chi connectivity index (χ1v) is 11.7. The van der Waals surface area contributed by atoms with Gasteiger partial charge < -0.3 is 20.4 Å². The van der Waals surface area contributed by atoms with Crippen LogP contribution in [0.2, 0.25) is 0 Å². The Morgan fingerprint density at radius 2 is 1.76 bits per heavy atom. The molecule has 0 saturated carbocycles. The van der Waals surface area contributed by atoms with Crippen molar-refractivity contribution in [3.05, 3.63) is 94.3 Å². The number of aromatic nitrogens is 1. The van der Waals surface area contributed by atoms with Gasteiger partial charge in [0, 0.05) is 34.9 Å². The van der Waals surface area contributed by atoms with Crippen LogP contribution in [-0.2, 0) is 33.7 Å². The van der Waals surface area contributed by atoms with E-state index in [0.717, 1.165) is 26.9 Å². The van der Waals surface area contributed by atoms with Crippen molar-refractivity contribution in [2.24, 2.45) is 0 Å². The molecule has 33 heavy (non-hydrogen) atoms. The number of thiophene rings is 1. The monoisotopic (exact) mass is 461 g/mol. The van der Waals surface area contributed by atoms with Crippen LogP contribution in [0.5, 0.6) is 0 Å². The van der Waals surface area contributed by atoms with E-state index in [2.05, 4.69) is 15.6 Å². The first-order chi connectivity index (χ1) is 16.1. The zero-order valence-electron chi connectivity index (χ0n) is 18.4. The number of amides is 1. The molecule has 0 aliphatic rings. The maximum Gasteiger partial charge on any atom is 0.328 e. The van der Waals surface area contributed by atoms with Crippen molar-refractivity contribution in [1.29, 1.82) is 0 Å². The largest absolute Gasteiger partial charge is 0.467 e. The molecule has 6 nitrogen and oxygen atoms in total. The van der Waals surface area contributed by atoms with E-state index >= 15 is 0 Å². The van der Waals surface area contributed by atoms with Gasteiger partial charge in [-0.05, 0) is 35.1 Å². The van der Waals surface area contributed by atoms with E-state index in [1.807, 2.05) is 78.3 Å². The van der Waals surface area contributed by atoms with Gasteiger partial charge in [-0.25, -0.2) is 4.79 Å². The first kappa shape index (κ1) is 22.8. The number of benzene rings is 2. The Labute approximate surface area is 197 Å². The quantitative estimate of drug-likeness (QED) is 0.314. The van der Waals surface area contributed by atoms with Gasteiger partial charge in [0.1, 0.15) is 6.04 Å². The fourth-order valence-electron chi connectivity index (χ4n) is 3.87. The number of carbonyl (C=O) groups excluding carboxylic acids is 2. The van der Waals surface area contributed by atoms with Crippen LogP contribution >= 0.6 is 11.3 Å². The highest BCUT2D eigenvalue weighted by Gasteiger charge is 2.27. The van der Waals surface area contributed by atoms with E-state index in [4.69, 9.17) is 4.74 Å². The molecule has 4 rings (SSSR count). The normalized spacial score (nSPS) is 12.9. The number of ether oxygens (including phenoxy) is 1. The molecule has 2 aromatic carbocycles. The standard InChI is InChI=1S/C26H27N3O3S/c1-32-26(31)24(15-19-16-27-22-12-6-5-11-21(19)22)29-25(30)23(14-18-8-3-2-4-9-18)28-17-20-10-7-13-33-20/h2-13,16,23-24,27-28H,14-15,17H2,1H3,(H,29,30)/t23-,24+/m0/s1. The minimum Gasteiger partial charge on any atom is -0.467 e. The fraction of sp³-hybridized carbons (Fsp3) is 0.231. The molecule has 0 fully saturated rings. The van der Waals surface area contributed by atoms with E-state index in [0.29, 0.717) is 19.4 Å². The summed E-state index contributed by atoms with van der Waals surface area (Å²) >= 11 is 1.64. The predicted molar refractivity (Wildman–Crippen MR) is 131 cm³/mol. The molecular formula is C26H27N3O3S. The number of carbonyl (C=O) groups is 2. The van der Waals surface area contributed by atoms with Crippen molar-refractivity contribution in [2.45, 2.75) is 31.5 Å². The third kappa shape index (κ3) is 5.88. The minimum atomic E-state index is -0.788. The first-order valence-electron chi connectivity index (χ1n) is 10.9. The Hall–Kier alpha value is -3.42. The Morgan fingerprint density at radius 3 is 2.52 bits per heavy atom. The molecular weight excluding hydrogens is 434 g/mol. The number of para-hydroxylation sites is 1. The second-order valence-electron chi connectivity index (χ2n) is 7.85. The van der Waals surface area contributed by atoms with Crippen molar-refractivity contribution in [2.75, 3.05) is 7.11 Å². The molecule has 0 aliphatic carbocycles. The molecule has 2 heterocycles. The summed E-state index contributed by atoms with van der Waals surface area (Å²) in [6.07, 6.45) is 2.73. The number of methoxy groups -OCH3 is 1. The molecule has 0 spiro atoms. The van der Waals surface area contributed by atoms with Gasteiger partial charge >= 0.3 is 5.97 Å². The van der Waals surface area contributed by atoms with Crippen LogP contribution in [0.15, 0.2) is 78.3 Å². The molecule has 0 saturated heterocycles. The molecule has 0 radical (unpaired) electrons. The van der Waals surface area contributed by atoms with Crippen molar-refractivity contribution in [3.8, 4) is 0 Å². The molecule has 4 aromatic rings. The minimum absolute atomic E-state index is 0.231. The van der Waals surface area contributed by atoms with Crippen molar-refractivity contribution < 1.29 is 14.3 Å². The molecule has 3 N–H and O–H groups in total. The van der Waals surface area contributed by atoms with Gasteiger partial charge in [0.15, 0.2) is 0 Å². The summed E-state index contributed by atoms with van der Waals surface area (Å²) in [5.74, 6) is -0.698. The SMILES string of the molecule is COC(=O)[C@@H](Cc1c[nH]c2ccccc12)NC(=O)[C@H](Cc1ccccc1)NCc1cccs1. The molecule has 2 atom stereocenters. The fourth-order valence-corrected chi connectivity index (χ4v) is 4.53. The highest BCUT2D eigenvalue weighted by Crippen LogP contribution is 2.19. The van der Waals surface area contributed by atoms with Crippen molar-refractivity contribution in [3.63, 3.8) is 0 Å². The van der Waals surface area contributed by atoms with E-state index in [9.17, 15) is 9.59 Å². The molecule has 170 valence electrons. The predicted octanol–water partition coefficient (Wildman–Crippen LogP) is 3.83. The third-order valence-corrected chi connectivity index (χ3v) is 6.48. The van der Waals surface area contributed by atoms with Gasteiger partial charge in [0.2, 0.25) is 5.91 Å². The second kappa shape index (κ2) is 10.9. The van der Waals surface area contributed by atoms with E-state index in [-0.39, 0.29) is 5.91 Å². The van der Waals surface area contributed by atoms with Crippen molar-refractivity contribution >= 4 is 34.1 Å². The third-order valence-electron chi connectivity index (χ3n) is 5.60. The number of fused-ring (bicyclic) bond motifs is 1. The zero-order valence-corrected chi connectivity index (χ0v) is 19.2. The summed E-state index contributed by atoms with van der Waals surface area (Å²) in [6, 6.07) is 20.5. The number of hydrogen-bond acceptors (Lipinski definition) is 5. The molecule has 0 aliphatic heterocycles. The molecule has 1 amide bonds. The van der Waals surface area contributed by atoms with Crippen LogP contribution in [0.1, 0.15) is 16.0 Å². The number of hydrogen-bond donors (Lipinski definition) is 3. The summed E-state index contributed by atoms with van der Waals surface area (Å²) in [5.41, 5.74) is 2.98. The lowest BCUT2D eigenvalue weighted by molar-refractivity contribution is -0.145. The summed E-state index contributed by atoms with van der Waals surface area (Å²) in [4.78, 5) is 30.3. The number of rotatable bonds is 10. The number of aromatic amines is 1. The lowest BCUT2D eigenvalue weighted by atomic mass is 10.0. The Kier molecular flexibility index (Phi) is 7.55. The topological polar surface area (TPSA) is 83.2 Å². The average Bonchev–Trinajstić information content (AvgIpc) is 3.51. The van der Waals surface area contributed by atoms with E-state index in [1.54, 1.807) is 11.3 Å². The van der Waals surface area contributed by atoms with Gasteiger partial charge in [-0.2, -0.15) is 0 Å². The lowest BCUT2D eigenvalue weighted by Gasteiger charge is -2.22. The maximum atomic E-state index is 13.3. The van der Waals surface area contributed by atoms with Crippen LogP contribution in [0.3, 0.4) is 0 Å². The molecule has 0 bridgehead atoms. The average molecular weight is 462 g/mol. The van der Waals surface area contributed by atoms with E-state index in [1.165, 1.54) is 7.11 Å². The highest BCUT2D eigenvalue weighted by atomic mass is 32.1. The lowest BCUT2D eigenvalue weighted by Crippen LogP contribution is -2.51. The van der Waals surface area contributed by atoms with Crippen LogP contribution in [0.25, 0.3) is 10.9 Å². The summed E-state index contributed by atoms with van der Waals surface area (Å²) in [7, 11) is 1.34. The summed E-state index contributed by atoms with van der Waals surface area (Å²) in [6.45, 7) is 0.577. The summed E-state index contributed by atoms with van der Waals surface area (Å²) in [5, 5.41) is 9.33. The van der Waals surface area contributed by atoms with E-state index < -0.39 is 18.1 Å². The van der Waals surface area contributed by atoms with Crippen molar-refractivity contribution in [1.82, 2.24) is 15.6 Å². The van der Waals surface area contributed by atoms with Crippen LogP contribution < -0.4 is 10.6 Å². The molecule has 7 heteroatoms. The van der Waals surface area contributed by atoms with Crippen LogP contribution in [0, 0.1) is 0 Å². The Bertz CT molecular complexity index is 1190. The van der Waals surface area contributed by atoms with Gasteiger partial charge in [0.25, 0.3) is 0 Å². The second-order valence-corrected chi connectivity index (χ2v) is 8.88. The van der Waals surface area contributed by atoms with Gasteiger partial charge in [-0.1, -0.05) is 54.6 Å². The van der Waals surface area contributed by atoms with Crippen LogP contribution in [0.4, 0.5) is 0 Å². The smallest absolute Gasteiger partial charge is 0.328 e. The summed E-state index contributed by atoms with van der Waals surface area (Å²) < 4.78 is 5.01. The van der Waals surface area contributed by atoms with Gasteiger partial charge in [0.05, 0.1) is 13.2 Å². The Balaban J connectivity index is 1.51. The number of H-pyrrole nitrogens is 1. The van der Waals surface area contributed by atoms with Gasteiger partial charge in [-0.3, -0.25) is 4.79 Å². The zero-order chi connectivity index (χ0) is 23.0. The van der Waals surface area contributed by atoms with Crippen LogP contribution in [-0.4, -0.2) is 36.1 Å². The highest BCUT2D eigenvalue weighted by molar-refractivity contribution is 7.09.